The molecule has 19 heavy (non-hydrogen) atoms. The van der Waals surface area contributed by atoms with E-state index in [9.17, 15) is 9.90 Å². The fraction of sp³-hybridized carbons (Fsp3) is 0.267. The van der Waals surface area contributed by atoms with Crippen LogP contribution >= 0.6 is 0 Å². The topological polar surface area (TPSA) is 63.1 Å². The second kappa shape index (κ2) is 6.09. The number of rotatable bonds is 5. The van der Waals surface area contributed by atoms with E-state index in [0.29, 0.717) is 6.42 Å². The number of nitrogens with zero attached hydrogens (tertiary/aromatic N) is 2. The minimum Gasteiger partial charge on any atom is -0.481 e. The molecule has 0 amide bonds. The smallest absolute Gasteiger partial charge is 0.310 e. The molecule has 0 saturated carbocycles. The Kier molecular flexibility index (Phi) is 4.23. The van der Waals surface area contributed by atoms with Crippen LogP contribution in [0.2, 0.25) is 0 Å². The van der Waals surface area contributed by atoms with Gasteiger partial charge in [0.05, 0.1) is 5.92 Å². The third kappa shape index (κ3) is 3.16. The Morgan fingerprint density at radius 2 is 1.79 bits per heavy atom. The van der Waals surface area contributed by atoms with E-state index in [1.54, 1.807) is 12.4 Å². The lowest BCUT2D eigenvalue weighted by atomic mass is 9.93. The Bertz CT molecular complexity index is 538. The predicted octanol–water partition coefficient (Wildman–Crippen LogP) is 3.11. The highest BCUT2D eigenvalue weighted by Crippen LogP contribution is 2.25. The van der Waals surface area contributed by atoms with Crippen LogP contribution in [0.4, 0.5) is 0 Å². The van der Waals surface area contributed by atoms with Gasteiger partial charge in [0.25, 0.3) is 0 Å². The number of hydrogen-bond donors (Lipinski definition) is 1. The van der Waals surface area contributed by atoms with Crippen LogP contribution in [0.15, 0.2) is 43.0 Å². The molecule has 1 aromatic heterocycles. The van der Waals surface area contributed by atoms with E-state index in [1.807, 2.05) is 31.2 Å². The summed E-state index contributed by atoms with van der Waals surface area (Å²) in [4.78, 5) is 19.2. The average Bonchev–Trinajstić information content (AvgIpc) is 2.46. The Morgan fingerprint density at radius 3 is 2.32 bits per heavy atom. The first-order valence-corrected chi connectivity index (χ1v) is 6.30. The Balaban J connectivity index is 2.25. The van der Waals surface area contributed by atoms with Gasteiger partial charge < -0.3 is 5.11 Å². The van der Waals surface area contributed by atoms with E-state index in [-0.39, 0.29) is 0 Å². The Morgan fingerprint density at radius 1 is 1.16 bits per heavy atom. The lowest BCUT2D eigenvalue weighted by molar-refractivity contribution is -0.139. The lowest BCUT2D eigenvalue weighted by Gasteiger charge is -2.12. The van der Waals surface area contributed by atoms with Crippen molar-refractivity contribution in [2.45, 2.75) is 25.7 Å². The van der Waals surface area contributed by atoms with E-state index >= 15 is 0 Å². The third-order valence-corrected chi connectivity index (χ3v) is 3.08. The molecule has 4 heteroatoms. The SMILES string of the molecule is CCCC(C(=O)O)c1ccc(-c2cncnc2)cc1. The van der Waals surface area contributed by atoms with E-state index in [2.05, 4.69) is 9.97 Å². The summed E-state index contributed by atoms with van der Waals surface area (Å²) in [6.45, 7) is 1.99. The monoisotopic (exact) mass is 256 g/mol. The number of hydrogen-bond acceptors (Lipinski definition) is 3. The summed E-state index contributed by atoms with van der Waals surface area (Å²) in [5.41, 5.74) is 2.76. The standard InChI is InChI=1S/C15H16N2O2/c1-2-3-14(15(18)19)12-6-4-11(5-7-12)13-8-16-10-17-9-13/h4-10,14H,2-3H2,1H3,(H,18,19). The van der Waals surface area contributed by atoms with Crippen LogP contribution < -0.4 is 0 Å². The number of carboxylic acid groups (broad SMARTS) is 1. The molecule has 0 aliphatic carbocycles. The van der Waals surface area contributed by atoms with Crippen LogP contribution in [-0.2, 0) is 4.79 Å². The maximum atomic E-state index is 11.2. The first-order chi connectivity index (χ1) is 9.22. The van der Waals surface area contributed by atoms with Gasteiger partial charge in [-0.25, -0.2) is 9.97 Å². The van der Waals surface area contributed by atoms with Crippen LogP contribution in [0.3, 0.4) is 0 Å². The quantitative estimate of drug-likeness (QED) is 0.892. The highest BCUT2D eigenvalue weighted by Gasteiger charge is 2.18. The molecule has 0 radical (unpaired) electrons. The highest BCUT2D eigenvalue weighted by molar-refractivity contribution is 5.76. The summed E-state index contributed by atoms with van der Waals surface area (Å²) in [5.74, 6) is -1.19. The van der Waals surface area contributed by atoms with Crippen LogP contribution in [0.1, 0.15) is 31.2 Å². The van der Waals surface area contributed by atoms with Crippen molar-refractivity contribution in [3.05, 3.63) is 48.5 Å². The lowest BCUT2D eigenvalue weighted by Crippen LogP contribution is -2.11. The molecule has 0 saturated heterocycles. The molecule has 2 aromatic rings. The zero-order valence-electron chi connectivity index (χ0n) is 10.8. The largest absolute Gasteiger partial charge is 0.481 e. The van der Waals surface area contributed by atoms with Gasteiger partial charge in [0.2, 0.25) is 0 Å². The molecule has 98 valence electrons. The van der Waals surface area contributed by atoms with Gasteiger partial charge >= 0.3 is 5.97 Å². The number of aliphatic carboxylic acids is 1. The van der Waals surface area contributed by atoms with Crippen molar-refractivity contribution in [2.75, 3.05) is 0 Å². The minimum atomic E-state index is -0.766. The normalized spacial score (nSPS) is 12.1. The summed E-state index contributed by atoms with van der Waals surface area (Å²) >= 11 is 0. The van der Waals surface area contributed by atoms with E-state index in [4.69, 9.17) is 0 Å². The molecule has 1 heterocycles. The predicted molar refractivity (Wildman–Crippen MR) is 72.8 cm³/mol. The number of benzene rings is 1. The average molecular weight is 256 g/mol. The van der Waals surface area contributed by atoms with Crippen LogP contribution in [0.25, 0.3) is 11.1 Å². The maximum Gasteiger partial charge on any atom is 0.310 e. The molecular formula is C15H16N2O2. The molecule has 4 nitrogen and oxygen atoms in total. The second-order valence-electron chi connectivity index (χ2n) is 4.43. The number of carbonyl (C=O) groups is 1. The molecule has 1 atom stereocenters. The number of carboxylic acids is 1. The molecule has 1 unspecified atom stereocenters. The van der Waals surface area contributed by atoms with Gasteiger partial charge in [-0.2, -0.15) is 0 Å². The van der Waals surface area contributed by atoms with Crippen molar-refractivity contribution in [1.29, 1.82) is 0 Å². The van der Waals surface area contributed by atoms with E-state index < -0.39 is 11.9 Å². The molecule has 0 aliphatic rings. The summed E-state index contributed by atoms with van der Waals surface area (Å²) in [6, 6.07) is 7.58. The summed E-state index contributed by atoms with van der Waals surface area (Å²) < 4.78 is 0. The Labute approximate surface area is 112 Å². The van der Waals surface area contributed by atoms with Crippen LogP contribution in [-0.4, -0.2) is 21.0 Å². The zero-order chi connectivity index (χ0) is 13.7. The molecule has 0 bridgehead atoms. The zero-order valence-corrected chi connectivity index (χ0v) is 10.8. The number of aromatic nitrogens is 2. The fourth-order valence-electron chi connectivity index (χ4n) is 2.08. The molecular weight excluding hydrogens is 240 g/mol. The van der Waals surface area contributed by atoms with Gasteiger partial charge in [0.1, 0.15) is 6.33 Å². The summed E-state index contributed by atoms with van der Waals surface area (Å²) in [5, 5.41) is 9.22. The van der Waals surface area contributed by atoms with Crippen molar-refractivity contribution in [1.82, 2.24) is 9.97 Å². The van der Waals surface area contributed by atoms with Crippen molar-refractivity contribution in [3.63, 3.8) is 0 Å². The van der Waals surface area contributed by atoms with Crippen LogP contribution in [0.5, 0.6) is 0 Å². The second-order valence-corrected chi connectivity index (χ2v) is 4.43. The Hall–Kier alpha value is -2.23. The molecule has 0 aliphatic heterocycles. The van der Waals surface area contributed by atoms with Crippen molar-refractivity contribution >= 4 is 5.97 Å². The van der Waals surface area contributed by atoms with Crippen molar-refractivity contribution < 1.29 is 9.90 Å². The van der Waals surface area contributed by atoms with Gasteiger partial charge in [-0.15, -0.1) is 0 Å². The van der Waals surface area contributed by atoms with Crippen molar-refractivity contribution in [2.24, 2.45) is 0 Å². The molecule has 0 spiro atoms. The summed E-state index contributed by atoms with van der Waals surface area (Å²) in [7, 11) is 0. The third-order valence-electron chi connectivity index (χ3n) is 3.08. The highest BCUT2D eigenvalue weighted by atomic mass is 16.4. The summed E-state index contributed by atoms with van der Waals surface area (Å²) in [6.07, 6.45) is 6.47. The first-order valence-electron chi connectivity index (χ1n) is 6.30. The van der Waals surface area contributed by atoms with E-state index in [0.717, 1.165) is 23.1 Å². The maximum absolute atomic E-state index is 11.2. The molecule has 1 N–H and O–H groups in total. The minimum absolute atomic E-state index is 0.425. The first kappa shape index (κ1) is 13.2. The van der Waals surface area contributed by atoms with Gasteiger partial charge in [0.15, 0.2) is 0 Å². The molecule has 2 rings (SSSR count). The fourth-order valence-corrected chi connectivity index (χ4v) is 2.08. The van der Waals surface area contributed by atoms with E-state index in [1.165, 1.54) is 6.33 Å². The van der Waals surface area contributed by atoms with Gasteiger partial charge in [-0.1, -0.05) is 37.6 Å². The van der Waals surface area contributed by atoms with Gasteiger partial charge in [-0.3, -0.25) is 4.79 Å². The van der Waals surface area contributed by atoms with Gasteiger partial charge in [0, 0.05) is 18.0 Å². The van der Waals surface area contributed by atoms with Gasteiger partial charge in [-0.05, 0) is 17.5 Å². The van der Waals surface area contributed by atoms with Crippen molar-refractivity contribution in [3.8, 4) is 11.1 Å². The molecule has 1 aromatic carbocycles. The molecule has 0 fully saturated rings. The van der Waals surface area contributed by atoms with Crippen LogP contribution in [0, 0.1) is 0 Å².